The summed E-state index contributed by atoms with van der Waals surface area (Å²) in [7, 11) is 0. The Hall–Kier alpha value is -1.61. The SMILES string of the molecule is Cc1cn(-c2ccc(CN)cc2)cn1. The normalized spacial score (nSPS) is 10.4. The standard InChI is InChI=1S/C11H13N3/c1-9-7-14(8-13-9)11-4-2-10(6-12)3-5-11/h2-5,7-8H,6,12H2,1H3. The highest BCUT2D eigenvalue weighted by Crippen LogP contribution is 2.09. The van der Waals surface area contributed by atoms with E-state index in [2.05, 4.69) is 4.98 Å². The van der Waals surface area contributed by atoms with Gasteiger partial charge in [-0.2, -0.15) is 0 Å². The molecule has 0 amide bonds. The molecular weight excluding hydrogens is 174 g/mol. The fourth-order valence-corrected chi connectivity index (χ4v) is 1.37. The molecule has 14 heavy (non-hydrogen) atoms. The van der Waals surface area contributed by atoms with Gasteiger partial charge in [-0.3, -0.25) is 0 Å². The smallest absolute Gasteiger partial charge is 0.0995 e. The van der Waals surface area contributed by atoms with Crippen LogP contribution >= 0.6 is 0 Å². The third kappa shape index (κ3) is 1.67. The van der Waals surface area contributed by atoms with Gasteiger partial charge in [0.15, 0.2) is 0 Å². The second-order valence-electron chi connectivity index (χ2n) is 3.29. The monoisotopic (exact) mass is 187 g/mol. The van der Waals surface area contributed by atoms with E-state index in [0.29, 0.717) is 6.54 Å². The van der Waals surface area contributed by atoms with Crippen molar-refractivity contribution in [1.29, 1.82) is 0 Å². The maximum absolute atomic E-state index is 5.52. The minimum Gasteiger partial charge on any atom is -0.326 e. The number of hydrogen-bond donors (Lipinski definition) is 1. The number of imidazole rings is 1. The fourth-order valence-electron chi connectivity index (χ4n) is 1.37. The van der Waals surface area contributed by atoms with Crippen molar-refractivity contribution in [2.24, 2.45) is 5.73 Å². The molecule has 0 fully saturated rings. The van der Waals surface area contributed by atoms with E-state index in [1.807, 2.05) is 48.3 Å². The number of rotatable bonds is 2. The summed E-state index contributed by atoms with van der Waals surface area (Å²) in [5.41, 5.74) is 8.80. The van der Waals surface area contributed by atoms with Crippen molar-refractivity contribution in [2.75, 3.05) is 0 Å². The van der Waals surface area contributed by atoms with Crippen LogP contribution < -0.4 is 5.73 Å². The van der Waals surface area contributed by atoms with Crippen molar-refractivity contribution < 1.29 is 0 Å². The molecule has 3 heteroatoms. The number of aryl methyl sites for hydroxylation is 1. The van der Waals surface area contributed by atoms with E-state index in [0.717, 1.165) is 16.9 Å². The molecule has 2 aromatic rings. The van der Waals surface area contributed by atoms with Gasteiger partial charge in [0.2, 0.25) is 0 Å². The maximum Gasteiger partial charge on any atom is 0.0995 e. The summed E-state index contributed by atoms with van der Waals surface area (Å²) in [6.07, 6.45) is 3.81. The zero-order chi connectivity index (χ0) is 9.97. The molecule has 0 unspecified atom stereocenters. The largest absolute Gasteiger partial charge is 0.326 e. The van der Waals surface area contributed by atoms with Crippen LogP contribution in [-0.2, 0) is 6.54 Å². The average molecular weight is 187 g/mol. The van der Waals surface area contributed by atoms with E-state index in [1.165, 1.54) is 0 Å². The molecule has 0 aliphatic heterocycles. The Kier molecular flexibility index (Phi) is 2.33. The topological polar surface area (TPSA) is 43.8 Å². The van der Waals surface area contributed by atoms with E-state index in [4.69, 9.17) is 5.73 Å². The Morgan fingerprint density at radius 2 is 2.00 bits per heavy atom. The first-order valence-corrected chi connectivity index (χ1v) is 4.59. The lowest BCUT2D eigenvalue weighted by Crippen LogP contribution is -1.96. The summed E-state index contributed by atoms with van der Waals surface area (Å²) in [6.45, 7) is 2.56. The van der Waals surface area contributed by atoms with Crippen LogP contribution in [0.4, 0.5) is 0 Å². The first kappa shape index (κ1) is 8.97. The Labute approximate surface area is 83.2 Å². The Morgan fingerprint density at radius 1 is 1.29 bits per heavy atom. The summed E-state index contributed by atoms with van der Waals surface area (Å²) in [5.74, 6) is 0. The van der Waals surface area contributed by atoms with Gasteiger partial charge in [0.25, 0.3) is 0 Å². The van der Waals surface area contributed by atoms with Gasteiger partial charge in [-0.15, -0.1) is 0 Å². The summed E-state index contributed by atoms with van der Waals surface area (Å²) >= 11 is 0. The zero-order valence-electron chi connectivity index (χ0n) is 8.14. The van der Waals surface area contributed by atoms with Crippen LogP contribution in [0.5, 0.6) is 0 Å². The van der Waals surface area contributed by atoms with E-state index in [-0.39, 0.29) is 0 Å². The molecule has 0 atom stereocenters. The molecule has 1 aromatic carbocycles. The molecule has 0 aliphatic carbocycles. The zero-order valence-corrected chi connectivity index (χ0v) is 8.14. The van der Waals surface area contributed by atoms with Crippen LogP contribution in [-0.4, -0.2) is 9.55 Å². The molecule has 0 saturated carbocycles. The number of hydrogen-bond acceptors (Lipinski definition) is 2. The maximum atomic E-state index is 5.52. The van der Waals surface area contributed by atoms with Gasteiger partial charge >= 0.3 is 0 Å². The quantitative estimate of drug-likeness (QED) is 0.776. The molecular formula is C11H13N3. The first-order chi connectivity index (χ1) is 6.79. The molecule has 0 saturated heterocycles. The van der Waals surface area contributed by atoms with Crippen molar-refractivity contribution >= 4 is 0 Å². The Balaban J connectivity index is 2.33. The second-order valence-corrected chi connectivity index (χ2v) is 3.29. The summed E-state index contributed by atoms with van der Waals surface area (Å²) in [6, 6.07) is 8.15. The van der Waals surface area contributed by atoms with Crippen LogP contribution in [0.2, 0.25) is 0 Å². The summed E-state index contributed by atoms with van der Waals surface area (Å²) in [5, 5.41) is 0. The van der Waals surface area contributed by atoms with Crippen molar-refractivity contribution in [3.05, 3.63) is 48.0 Å². The fraction of sp³-hybridized carbons (Fsp3) is 0.182. The molecule has 1 heterocycles. The van der Waals surface area contributed by atoms with E-state index >= 15 is 0 Å². The number of benzene rings is 1. The van der Waals surface area contributed by atoms with Crippen molar-refractivity contribution in [3.8, 4) is 5.69 Å². The van der Waals surface area contributed by atoms with Crippen molar-refractivity contribution in [1.82, 2.24) is 9.55 Å². The third-order valence-corrected chi connectivity index (χ3v) is 2.18. The van der Waals surface area contributed by atoms with Crippen LogP contribution in [0, 0.1) is 6.92 Å². The van der Waals surface area contributed by atoms with E-state index < -0.39 is 0 Å². The lowest BCUT2D eigenvalue weighted by atomic mass is 10.2. The molecule has 2 rings (SSSR count). The van der Waals surface area contributed by atoms with Gasteiger partial charge in [0.05, 0.1) is 12.0 Å². The van der Waals surface area contributed by atoms with E-state index in [9.17, 15) is 0 Å². The van der Waals surface area contributed by atoms with E-state index in [1.54, 1.807) is 0 Å². The number of aromatic nitrogens is 2. The van der Waals surface area contributed by atoms with Crippen LogP contribution in [0.1, 0.15) is 11.3 Å². The molecule has 0 spiro atoms. The first-order valence-electron chi connectivity index (χ1n) is 4.59. The Morgan fingerprint density at radius 3 is 2.50 bits per heavy atom. The highest BCUT2D eigenvalue weighted by atomic mass is 15.0. The molecule has 0 aliphatic rings. The predicted molar refractivity (Wildman–Crippen MR) is 56.2 cm³/mol. The van der Waals surface area contributed by atoms with Crippen molar-refractivity contribution in [2.45, 2.75) is 13.5 Å². The molecule has 2 N–H and O–H groups in total. The van der Waals surface area contributed by atoms with Crippen LogP contribution in [0.15, 0.2) is 36.8 Å². The highest BCUT2D eigenvalue weighted by molar-refractivity contribution is 5.34. The predicted octanol–water partition coefficient (Wildman–Crippen LogP) is 1.64. The molecule has 1 aromatic heterocycles. The Bertz CT molecular complexity index is 414. The lowest BCUT2D eigenvalue weighted by molar-refractivity contribution is 1.03. The minimum absolute atomic E-state index is 0.587. The molecule has 0 bridgehead atoms. The number of nitrogens with two attached hydrogens (primary N) is 1. The van der Waals surface area contributed by atoms with Gasteiger partial charge in [-0.05, 0) is 24.6 Å². The van der Waals surface area contributed by atoms with Crippen LogP contribution in [0.3, 0.4) is 0 Å². The average Bonchev–Trinajstić information content (AvgIpc) is 2.65. The van der Waals surface area contributed by atoms with Gasteiger partial charge in [-0.1, -0.05) is 12.1 Å². The highest BCUT2D eigenvalue weighted by Gasteiger charge is 1.96. The lowest BCUT2D eigenvalue weighted by Gasteiger charge is -2.02. The van der Waals surface area contributed by atoms with Gasteiger partial charge < -0.3 is 10.3 Å². The molecule has 0 radical (unpaired) electrons. The van der Waals surface area contributed by atoms with Gasteiger partial charge in [0, 0.05) is 18.4 Å². The second kappa shape index (κ2) is 3.64. The molecule has 3 nitrogen and oxygen atoms in total. The van der Waals surface area contributed by atoms with Crippen LogP contribution in [0.25, 0.3) is 5.69 Å². The van der Waals surface area contributed by atoms with Crippen molar-refractivity contribution in [3.63, 3.8) is 0 Å². The summed E-state index contributed by atoms with van der Waals surface area (Å²) < 4.78 is 2.00. The van der Waals surface area contributed by atoms with Gasteiger partial charge in [0.1, 0.15) is 0 Å². The molecule has 72 valence electrons. The summed E-state index contributed by atoms with van der Waals surface area (Å²) in [4.78, 5) is 4.17. The number of nitrogens with zero attached hydrogens (tertiary/aromatic N) is 2. The van der Waals surface area contributed by atoms with Gasteiger partial charge in [-0.25, -0.2) is 4.98 Å². The minimum atomic E-state index is 0.587. The third-order valence-electron chi connectivity index (χ3n) is 2.18.